The Kier molecular flexibility index (Phi) is 4.59. The number of fused-ring (bicyclic) bond motifs is 1. The molecule has 0 saturated carbocycles. The maximum absolute atomic E-state index is 13.0. The molecule has 2 aromatic carbocycles. The third kappa shape index (κ3) is 3.55. The summed E-state index contributed by atoms with van der Waals surface area (Å²) in [5, 5.41) is 16.7. The first-order valence-electron chi connectivity index (χ1n) is 6.91. The summed E-state index contributed by atoms with van der Waals surface area (Å²) in [6.07, 6.45) is 1.51. The van der Waals surface area contributed by atoms with Crippen molar-refractivity contribution >= 4 is 55.8 Å². The van der Waals surface area contributed by atoms with Crippen LogP contribution in [0.4, 0.5) is 5.69 Å². The highest BCUT2D eigenvalue weighted by Crippen LogP contribution is 2.29. The summed E-state index contributed by atoms with van der Waals surface area (Å²) >= 11 is 11.8. The number of aromatic amines is 1. The number of aliphatic carboxylic acids is 1. The fraction of sp³-hybridized carbons (Fsp3) is 0.0667. The number of hydrogen-bond donors (Lipinski definition) is 2. The number of nitrogens with zero attached hydrogens (tertiary/aromatic N) is 2. The van der Waals surface area contributed by atoms with Crippen LogP contribution >= 0.6 is 23.2 Å². The second kappa shape index (κ2) is 6.55. The SMILES string of the molecule is O=C(O)CN(c1ccc2[nH]ncc2c1)S(=O)(=O)c1cc(Cl)cc(Cl)c1. The molecule has 3 rings (SSSR count). The van der Waals surface area contributed by atoms with Crippen LogP contribution in [-0.4, -0.2) is 36.2 Å². The number of aromatic nitrogens is 2. The van der Waals surface area contributed by atoms with Crippen LogP contribution in [0.2, 0.25) is 10.0 Å². The molecule has 0 fully saturated rings. The molecule has 1 aromatic heterocycles. The number of halogens is 2. The number of carboxylic acid groups (broad SMARTS) is 1. The lowest BCUT2D eigenvalue weighted by Gasteiger charge is -2.23. The van der Waals surface area contributed by atoms with Crippen molar-refractivity contribution in [3.8, 4) is 0 Å². The fourth-order valence-corrected chi connectivity index (χ4v) is 4.46. The van der Waals surface area contributed by atoms with Crippen LogP contribution in [0.5, 0.6) is 0 Å². The van der Waals surface area contributed by atoms with Gasteiger partial charge in [-0.05, 0) is 36.4 Å². The minimum atomic E-state index is -4.19. The number of H-pyrrole nitrogens is 1. The van der Waals surface area contributed by atoms with Crippen molar-refractivity contribution in [2.45, 2.75) is 4.90 Å². The summed E-state index contributed by atoms with van der Waals surface area (Å²) in [5.74, 6) is -1.30. The molecule has 0 aliphatic heterocycles. The van der Waals surface area contributed by atoms with Gasteiger partial charge < -0.3 is 5.11 Å². The van der Waals surface area contributed by atoms with Crippen molar-refractivity contribution < 1.29 is 18.3 Å². The third-order valence-corrected chi connectivity index (χ3v) is 5.60. The third-order valence-electron chi connectivity index (χ3n) is 3.41. The molecule has 0 aliphatic carbocycles. The van der Waals surface area contributed by atoms with Gasteiger partial charge in [0.2, 0.25) is 0 Å². The maximum Gasteiger partial charge on any atom is 0.324 e. The molecule has 0 unspecified atom stereocenters. The van der Waals surface area contributed by atoms with Crippen LogP contribution < -0.4 is 4.31 Å². The van der Waals surface area contributed by atoms with Gasteiger partial charge in [-0.25, -0.2) is 8.42 Å². The van der Waals surface area contributed by atoms with Gasteiger partial charge in [-0.15, -0.1) is 0 Å². The van der Waals surface area contributed by atoms with Crippen molar-refractivity contribution in [2.75, 3.05) is 10.8 Å². The summed E-state index contributed by atoms with van der Waals surface area (Å²) in [5.41, 5.74) is 0.884. The molecule has 1 heterocycles. The van der Waals surface area contributed by atoms with E-state index in [0.29, 0.717) is 10.9 Å². The quantitative estimate of drug-likeness (QED) is 0.685. The van der Waals surface area contributed by atoms with Crippen molar-refractivity contribution in [3.63, 3.8) is 0 Å². The molecular formula is C15H11Cl2N3O4S. The zero-order valence-electron chi connectivity index (χ0n) is 12.5. The molecule has 0 radical (unpaired) electrons. The fourth-order valence-electron chi connectivity index (χ4n) is 2.33. The lowest BCUT2D eigenvalue weighted by Crippen LogP contribution is -2.35. The Labute approximate surface area is 152 Å². The summed E-state index contributed by atoms with van der Waals surface area (Å²) < 4.78 is 26.7. The predicted octanol–water partition coefficient (Wildman–Crippen LogP) is 3.15. The van der Waals surface area contributed by atoms with Crippen molar-refractivity contribution in [1.82, 2.24) is 10.2 Å². The summed E-state index contributed by atoms with van der Waals surface area (Å²) in [7, 11) is -4.19. The number of nitrogens with one attached hydrogen (secondary N) is 1. The molecule has 2 N–H and O–H groups in total. The average molecular weight is 400 g/mol. The van der Waals surface area contributed by atoms with E-state index in [0.717, 1.165) is 4.31 Å². The number of hydrogen-bond acceptors (Lipinski definition) is 4. The van der Waals surface area contributed by atoms with Gasteiger partial charge in [-0.1, -0.05) is 23.2 Å². The van der Waals surface area contributed by atoms with E-state index in [-0.39, 0.29) is 20.6 Å². The van der Waals surface area contributed by atoms with E-state index >= 15 is 0 Å². The van der Waals surface area contributed by atoms with Crippen molar-refractivity contribution in [3.05, 3.63) is 52.6 Å². The van der Waals surface area contributed by atoms with Gasteiger partial charge in [0.25, 0.3) is 10.0 Å². The van der Waals surface area contributed by atoms with Crippen LogP contribution in [0, 0.1) is 0 Å². The number of anilines is 1. The van der Waals surface area contributed by atoms with Crippen molar-refractivity contribution in [2.24, 2.45) is 0 Å². The van der Waals surface area contributed by atoms with Crippen molar-refractivity contribution in [1.29, 1.82) is 0 Å². The molecule has 0 spiro atoms. The normalized spacial score (nSPS) is 11.6. The van der Waals surface area contributed by atoms with Gasteiger partial charge >= 0.3 is 5.97 Å². The van der Waals surface area contributed by atoms with Gasteiger partial charge in [-0.2, -0.15) is 5.10 Å². The molecule has 7 nitrogen and oxygen atoms in total. The lowest BCUT2D eigenvalue weighted by molar-refractivity contribution is -0.135. The number of carboxylic acids is 1. The molecular weight excluding hydrogens is 389 g/mol. The van der Waals surface area contributed by atoms with E-state index < -0.39 is 22.5 Å². The largest absolute Gasteiger partial charge is 0.480 e. The van der Waals surface area contributed by atoms with E-state index in [1.54, 1.807) is 6.07 Å². The van der Waals surface area contributed by atoms with Crippen LogP contribution in [0.3, 0.4) is 0 Å². The van der Waals surface area contributed by atoms with E-state index in [4.69, 9.17) is 28.3 Å². The molecule has 25 heavy (non-hydrogen) atoms. The minimum Gasteiger partial charge on any atom is -0.480 e. The highest BCUT2D eigenvalue weighted by atomic mass is 35.5. The van der Waals surface area contributed by atoms with E-state index in [1.165, 1.54) is 36.5 Å². The van der Waals surface area contributed by atoms with Gasteiger partial charge in [0.05, 0.1) is 22.3 Å². The molecule has 3 aromatic rings. The summed E-state index contributed by atoms with van der Waals surface area (Å²) in [6, 6.07) is 8.47. The monoisotopic (exact) mass is 399 g/mol. The molecule has 0 bridgehead atoms. The van der Waals surface area contributed by atoms with Crippen LogP contribution in [0.15, 0.2) is 47.5 Å². The average Bonchev–Trinajstić information content (AvgIpc) is 2.98. The lowest BCUT2D eigenvalue weighted by atomic mass is 10.2. The van der Waals surface area contributed by atoms with Gasteiger partial charge in [0.15, 0.2) is 0 Å². The molecule has 0 aliphatic rings. The van der Waals surface area contributed by atoms with E-state index in [9.17, 15) is 13.2 Å². The Morgan fingerprint density at radius 2 is 1.84 bits per heavy atom. The Bertz CT molecular complexity index is 1050. The second-order valence-corrected chi connectivity index (χ2v) is 7.89. The molecule has 0 saturated heterocycles. The molecule has 0 atom stereocenters. The number of sulfonamides is 1. The molecule has 130 valence electrons. The molecule has 10 heteroatoms. The van der Waals surface area contributed by atoms with Crippen LogP contribution in [-0.2, 0) is 14.8 Å². The van der Waals surface area contributed by atoms with Crippen LogP contribution in [0.25, 0.3) is 10.9 Å². The van der Waals surface area contributed by atoms with Gasteiger partial charge in [0, 0.05) is 15.4 Å². The Hall–Kier alpha value is -2.29. The van der Waals surface area contributed by atoms with E-state index in [1.807, 2.05) is 0 Å². The van der Waals surface area contributed by atoms with Crippen LogP contribution in [0.1, 0.15) is 0 Å². The predicted molar refractivity (Wildman–Crippen MR) is 94.7 cm³/mol. The second-order valence-electron chi connectivity index (χ2n) is 5.15. The number of rotatable bonds is 5. The smallest absolute Gasteiger partial charge is 0.324 e. The summed E-state index contributed by atoms with van der Waals surface area (Å²) in [4.78, 5) is 11.0. The van der Waals surface area contributed by atoms with E-state index in [2.05, 4.69) is 10.2 Å². The maximum atomic E-state index is 13.0. The van der Waals surface area contributed by atoms with Gasteiger partial charge in [-0.3, -0.25) is 14.2 Å². The molecule has 0 amide bonds. The number of benzene rings is 2. The Morgan fingerprint density at radius 3 is 2.48 bits per heavy atom. The zero-order chi connectivity index (χ0) is 18.2. The Morgan fingerprint density at radius 1 is 1.16 bits per heavy atom. The highest BCUT2D eigenvalue weighted by molar-refractivity contribution is 7.92. The number of carbonyl (C=O) groups is 1. The first-order chi connectivity index (χ1) is 11.8. The first-order valence-corrected chi connectivity index (χ1v) is 9.11. The topological polar surface area (TPSA) is 103 Å². The standard InChI is InChI=1S/C15H11Cl2N3O4S/c16-10-4-11(17)6-13(5-10)25(23,24)20(8-15(21)22)12-1-2-14-9(3-12)7-18-19-14/h1-7H,8H2,(H,18,19)(H,21,22). The van der Waals surface area contributed by atoms with Gasteiger partial charge in [0.1, 0.15) is 6.54 Å². The zero-order valence-corrected chi connectivity index (χ0v) is 14.8. The highest BCUT2D eigenvalue weighted by Gasteiger charge is 2.28. The minimum absolute atomic E-state index is 0.131. The Balaban J connectivity index is 2.15. The first kappa shape index (κ1) is 17.5. The summed E-state index contributed by atoms with van der Waals surface area (Å²) in [6.45, 7) is -0.754.